The number of halogens is 2. The summed E-state index contributed by atoms with van der Waals surface area (Å²) in [5, 5.41) is 0.862. The Kier molecular flexibility index (Phi) is 5.04. The monoisotopic (exact) mass is 410 g/mol. The molecule has 0 saturated heterocycles. The highest BCUT2D eigenvalue weighted by molar-refractivity contribution is 7.90. The van der Waals surface area contributed by atoms with Crippen molar-refractivity contribution in [2.24, 2.45) is 0 Å². The molecule has 6 nitrogen and oxygen atoms in total. The smallest absolute Gasteiger partial charge is 0.292 e. The Balaban J connectivity index is 1.90. The maximum Gasteiger partial charge on any atom is 0.342 e. The van der Waals surface area contributed by atoms with Crippen LogP contribution in [0.3, 0.4) is 0 Å². The van der Waals surface area contributed by atoms with Crippen LogP contribution in [0.15, 0.2) is 70.6 Å². The highest BCUT2D eigenvalue weighted by Crippen LogP contribution is 2.16. The summed E-state index contributed by atoms with van der Waals surface area (Å²) in [6, 6.07) is 11.7. The number of nitrogens with zero attached hydrogens (tertiary/aromatic N) is 2. The van der Waals surface area contributed by atoms with E-state index in [-0.39, 0.29) is 17.2 Å². The van der Waals surface area contributed by atoms with Gasteiger partial charge in [0.15, 0.2) is 5.78 Å². The van der Waals surface area contributed by atoms with Gasteiger partial charge in [-0.15, -0.1) is 0 Å². The number of carbonyl (C=O) groups excluding carboxylic acids is 1. The van der Waals surface area contributed by atoms with Crippen molar-refractivity contribution in [3.8, 4) is 0 Å². The van der Waals surface area contributed by atoms with Crippen molar-refractivity contribution in [2.45, 2.75) is 11.4 Å². The molecule has 0 unspecified atom stereocenters. The topological polar surface area (TPSA) is 78.1 Å². The van der Waals surface area contributed by atoms with Crippen LogP contribution in [0.2, 0.25) is 10.0 Å². The highest BCUT2D eigenvalue weighted by atomic mass is 35.5. The third-order valence-corrected chi connectivity index (χ3v) is 5.83. The number of hydrogen-bond acceptors (Lipinski definition) is 4. The Labute approximate surface area is 159 Å². The van der Waals surface area contributed by atoms with E-state index in [4.69, 9.17) is 23.2 Å². The summed E-state index contributed by atoms with van der Waals surface area (Å²) in [4.78, 5) is 24.6. The maximum atomic E-state index is 12.6. The summed E-state index contributed by atoms with van der Waals surface area (Å²) in [7, 11) is -4.08. The van der Waals surface area contributed by atoms with Crippen molar-refractivity contribution >= 4 is 39.0 Å². The molecule has 2 aromatic carbocycles. The largest absolute Gasteiger partial charge is 0.342 e. The molecule has 0 saturated carbocycles. The Morgan fingerprint density at radius 2 is 1.42 bits per heavy atom. The number of Topliss-reactive ketones (excluding diaryl/α,β-unsaturated/α-hetero) is 1. The Bertz CT molecular complexity index is 1110. The van der Waals surface area contributed by atoms with E-state index < -0.39 is 15.7 Å². The second-order valence-corrected chi connectivity index (χ2v) is 8.08. The van der Waals surface area contributed by atoms with Crippen LogP contribution in [0, 0.1) is 0 Å². The quantitative estimate of drug-likeness (QED) is 0.605. The van der Waals surface area contributed by atoms with Crippen LogP contribution in [0.4, 0.5) is 0 Å². The number of imidazole rings is 1. The zero-order valence-electron chi connectivity index (χ0n) is 13.2. The van der Waals surface area contributed by atoms with Gasteiger partial charge in [-0.2, -0.15) is 3.97 Å². The molecule has 0 amide bonds. The van der Waals surface area contributed by atoms with Gasteiger partial charge in [0.1, 0.15) is 0 Å². The molecule has 0 aliphatic rings. The summed E-state index contributed by atoms with van der Waals surface area (Å²) in [6.45, 7) is -0.288. The Morgan fingerprint density at radius 1 is 0.885 bits per heavy atom. The van der Waals surface area contributed by atoms with Crippen LogP contribution >= 0.6 is 23.2 Å². The number of benzene rings is 2. The van der Waals surface area contributed by atoms with Gasteiger partial charge in [-0.1, -0.05) is 23.2 Å². The lowest BCUT2D eigenvalue weighted by atomic mass is 10.1. The first-order valence-corrected chi connectivity index (χ1v) is 9.56. The van der Waals surface area contributed by atoms with Crippen molar-refractivity contribution in [3.05, 3.63) is 87.0 Å². The third-order valence-electron chi connectivity index (χ3n) is 3.67. The molecule has 0 aliphatic carbocycles. The summed E-state index contributed by atoms with van der Waals surface area (Å²) >= 11 is 11.5. The van der Waals surface area contributed by atoms with Crippen LogP contribution in [0.1, 0.15) is 10.4 Å². The fourth-order valence-corrected chi connectivity index (χ4v) is 3.78. The molecule has 134 valence electrons. The van der Waals surface area contributed by atoms with Gasteiger partial charge in [0.05, 0.1) is 11.4 Å². The average molecular weight is 411 g/mol. The first kappa shape index (κ1) is 18.4. The maximum absolute atomic E-state index is 12.6. The fourth-order valence-electron chi connectivity index (χ4n) is 2.30. The van der Waals surface area contributed by atoms with Crippen molar-refractivity contribution in [2.75, 3.05) is 0 Å². The van der Waals surface area contributed by atoms with Gasteiger partial charge in [-0.25, -0.2) is 13.2 Å². The van der Waals surface area contributed by atoms with Crippen LogP contribution in [-0.2, 0) is 16.6 Å². The number of carbonyl (C=O) groups is 1. The Morgan fingerprint density at radius 3 is 2.00 bits per heavy atom. The van der Waals surface area contributed by atoms with Crippen LogP contribution in [-0.4, -0.2) is 22.7 Å². The molecular formula is C17H12Cl2N2O4S. The summed E-state index contributed by atoms with van der Waals surface area (Å²) < 4.78 is 26.8. The molecular weight excluding hydrogens is 399 g/mol. The first-order chi connectivity index (χ1) is 12.3. The molecule has 0 N–H and O–H groups in total. The third kappa shape index (κ3) is 3.60. The molecule has 9 heteroatoms. The zero-order valence-corrected chi connectivity index (χ0v) is 15.5. The number of aromatic nitrogens is 2. The molecule has 26 heavy (non-hydrogen) atoms. The van der Waals surface area contributed by atoms with Crippen LogP contribution < -0.4 is 5.69 Å². The zero-order chi connectivity index (χ0) is 18.9. The van der Waals surface area contributed by atoms with E-state index in [0.717, 1.165) is 10.8 Å². The fraction of sp³-hybridized carbons (Fsp3) is 0.0588. The molecule has 1 aromatic heterocycles. The molecule has 0 aliphatic heterocycles. The highest BCUT2D eigenvalue weighted by Gasteiger charge is 2.21. The molecule has 0 bridgehead atoms. The van der Waals surface area contributed by atoms with E-state index in [2.05, 4.69) is 0 Å². The van der Waals surface area contributed by atoms with E-state index in [9.17, 15) is 18.0 Å². The molecule has 3 aromatic rings. The molecule has 0 atom stereocenters. The second-order valence-electron chi connectivity index (χ2n) is 5.39. The van der Waals surface area contributed by atoms with Gasteiger partial charge in [-0.3, -0.25) is 9.36 Å². The van der Waals surface area contributed by atoms with Gasteiger partial charge in [0.2, 0.25) is 0 Å². The lowest BCUT2D eigenvalue weighted by Crippen LogP contribution is -2.30. The lowest BCUT2D eigenvalue weighted by Gasteiger charge is -2.05. The summed E-state index contributed by atoms with van der Waals surface area (Å²) in [5.74, 6) is -0.342. The van der Waals surface area contributed by atoms with Gasteiger partial charge < -0.3 is 0 Å². The first-order valence-electron chi connectivity index (χ1n) is 7.37. The summed E-state index contributed by atoms with van der Waals surface area (Å²) in [5.41, 5.74) is -0.461. The van der Waals surface area contributed by atoms with E-state index in [1.54, 1.807) is 12.1 Å². The van der Waals surface area contributed by atoms with E-state index in [1.807, 2.05) is 0 Å². The van der Waals surface area contributed by atoms with Gasteiger partial charge >= 0.3 is 5.69 Å². The number of rotatable bonds is 5. The van der Waals surface area contributed by atoms with E-state index >= 15 is 0 Å². The van der Waals surface area contributed by atoms with Gasteiger partial charge in [0, 0.05) is 28.0 Å². The Hall–Kier alpha value is -2.35. The van der Waals surface area contributed by atoms with Crippen molar-refractivity contribution in [3.63, 3.8) is 0 Å². The number of hydrogen-bond donors (Lipinski definition) is 0. The second kappa shape index (κ2) is 7.11. The molecule has 0 fully saturated rings. The minimum absolute atomic E-state index is 0.0780. The van der Waals surface area contributed by atoms with Crippen LogP contribution in [0.5, 0.6) is 0 Å². The van der Waals surface area contributed by atoms with Crippen molar-refractivity contribution in [1.29, 1.82) is 0 Å². The van der Waals surface area contributed by atoms with Gasteiger partial charge in [-0.05, 0) is 48.5 Å². The molecule has 1 heterocycles. The van der Waals surface area contributed by atoms with Crippen LogP contribution in [0.25, 0.3) is 0 Å². The average Bonchev–Trinajstić information content (AvgIpc) is 2.97. The molecule has 3 rings (SSSR count). The SMILES string of the molecule is O=C(Cn1ccn(S(=O)(=O)c2ccc(Cl)cc2)c1=O)c1ccc(Cl)cc1. The van der Waals surface area contributed by atoms with E-state index in [1.165, 1.54) is 42.6 Å². The lowest BCUT2D eigenvalue weighted by molar-refractivity contribution is 0.0971. The summed E-state index contributed by atoms with van der Waals surface area (Å²) in [6.07, 6.45) is 2.37. The van der Waals surface area contributed by atoms with E-state index in [0.29, 0.717) is 19.6 Å². The normalized spacial score (nSPS) is 11.5. The molecule has 0 radical (unpaired) electrons. The molecule has 0 spiro atoms. The predicted molar refractivity (Wildman–Crippen MR) is 98.5 cm³/mol. The van der Waals surface area contributed by atoms with Crippen molar-refractivity contribution in [1.82, 2.24) is 8.54 Å². The standard InChI is InChI=1S/C17H12Cl2N2O4S/c18-13-3-1-12(2-4-13)16(22)11-20-9-10-21(17(20)23)26(24,25)15-7-5-14(19)6-8-15/h1-10H,11H2. The van der Waals surface area contributed by atoms with Gasteiger partial charge in [0.25, 0.3) is 10.0 Å². The minimum Gasteiger partial charge on any atom is -0.292 e. The van der Waals surface area contributed by atoms with Crippen molar-refractivity contribution < 1.29 is 13.2 Å². The predicted octanol–water partition coefficient (Wildman–Crippen LogP) is 3.08. The number of ketones is 1. The minimum atomic E-state index is -4.08.